The Morgan fingerprint density at radius 1 is 1.35 bits per heavy atom. The average Bonchev–Trinajstić information content (AvgIpc) is 2.81. The molecule has 0 radical (unpaired) electrons. The summed E-state index contributed by atoms with van der Waals surface area (Å²) in [4.78, 5) is 23.3. The topological polar surface area (TPSA) is 143 Å². The average molecular weight is 326 g/mol. The SMILES string of the molecule is O=C1Oc2ccc([N+](=O)[O-])cc2CN1[C@@H]1O[C@H](CO)[C@@H](O)[C@H]1O. The highest BCUT2D eigenvalue weighted by Gasteiger charge is 2.48. The number of amides is 1. The highest BCUT2D eigenvalue weighted by molar-refractivity contribution is 5.74. The molecule has 4 atom stereocenters. The Bertz CT molecular complexity index is 651. The molecule has 0 bridgehead atoms. The Hall–Kier alpha value is -2.27. The first-order valence-electron chi connectivity index (χ1n) is 6.80. The zero-order valence-corrected chi connectivity index (χ0v) is 11.7. The molecule has 1 aromatic rings. The van der Waals surface area contributed by atoms with Gasteiger partial charge in [0.15, 0.2) is 6.23 Å². The van der Waals surface area contributed by atoms with Gasteiger partial charge >= 0.3 is 6.09 Å². The van der Waals surface area contributed by atoms with E-state index in [2.05, 4.69) is 0 Å². The van der Waals surface area contributed by atoms with Gasteiger partial charge < -0.3 is 24.8 Å². The first kappa shape index (κ1) is 15.6. The fraction of sp³-hybridized carbons (Fsp3) is 0.462. The number of ether oxygens (including phenoxy) is 2. The standard InChI is InChI=1S/C13H14N2O8/c16-5-9-10(17)11(18)12(22-9)14-4-6-3-7(15(20)21)1-2-8(6)23-13(14)19/h1-3,9-12,16-18H,4-5H2/t9-,10-,11-,12-/m1/s1. The van der Waals surface area contributed by atoms with Crippen LogP contribution in [0.25, 0.3) is 0 Å². The Morgan fingerprint density at radius 3 is 2.70 bits per heavy atom. The Morgan fingerprint density at radius 2 is 2.09 bits per heavy atom. The monoisotopic (exact) mass is 326 g/mol. The summed E-state index contributed by atoms with van der Waals surface area (Å²) in [6.07, 6.45) is -5.86. The molecule has 0 aromatic heterocycles. The van der Waals surface area contributed by atoms with Crippen molar-refractivity contribution in [1.29, 1.82) is 0 Å². The van der Waals surface area contributed by atoms with E-state index in [4.69, 9.17) is 14.6 Å². The van der Waals surface area contributed by atoms with Crippen molar-refractivity contribution in [3.63, 3.8) is 0 Å². The van der Waals surface area contributed by atoms with Crippen molar-refractivity contribution in [2.45, 2.75) is 31.1 Å². The lowest BCUT2D eigenvalue weighted by molar-refractivity contribution is -0.385. The molecule has 2 aliphatic heterocycles. The molecular formula is C13H14N2O8. The van der Waals surface area contributed by atoms with E-state index >= 15 is 0 Å². The van der Waals surface area contributed by atoms with Crippen molar-refractivity contribution >= 4 is 11.8 Å². The largest absolute Gasteiger partial charge is 0.417 e. The zero-order chi connectivity index (χ0) is 16.7. The number of rotatable bonds is 3. The van der Waals surface area contributed by atoms with E-state index in [9.17, 15) is 25.1 Å². The summed E-state index contributed by atoms with van der Waals surface area (Å²) in [5.74, 6) is 0.184. The summed E-state index contributed by atoms with van der Waals surface area (Å²) in [7, 11) is 0. The van der Waals surface area contributed by atoms with Gasteiger partial charge in [0, 0.05) is 17.7 Å². The number of carbonyl (C=O) groups is 1. The molecule has 3 N–H and O–H groups in total. The normalized spacial score (nSPS) is 30.0. The van der Waals surface area contributed by atoms with Crippen LogP contribution in [-0.4, -0.2) is 62.4 Å². The van der Waals surface area contributed by atoms with Crippen LogP contribution < -0.4 is 4.74 Å². The van der Waals surface area contributed by atoms with Crippen LogP contribution in [0.1, 0.15) is 5.56 Å². The zero-order valence-electron chi connectivity index (χ0n) is 11.7. The van der Waals surface area contributed by atoms with Crippen LogP contribution in [0.2, 0.25) is 0 Å². The number of carbonyl (C=O) groups excluding carboxylic acids is 1. The van der Waals surface area contributed by atoms with Crippen LogP contribution in [0.15, 0.2) is 18.2 Å². The van der Waals surface area contributed by atoms with E-state index in [1.54, 1.807) is 0 Å². The number of nitro benzene ring substituents is 1. The molecule has 0 saturated carbocycles. The first-order valence-corrected chi connectivity index (χ1v) is 6.80. The molecule has 0 unspecified atom stereocenters. The summed E-state index contributed by atoms with van der Waals surface area (Å²) in [6, 6.07) is 3.80. The molecule has 2 heterocycles. The Kier molecular flexibility index (Phi) is 3.90. The molecule has 23 heavy (non-hydrogen) atoms. The highest BCUT2D eigenvalue weighted by atomic mass is 16.6. The van der Waals surface area contributed by atoms with E-state index in [-0.39, 0.29) is 18.0 Å². The van der Waals surface area contributed by atoms with Crippen molar-refractivity contribution in [3.05, 3.63) is 33.9 Å². The summed E-state index contributed by atoms with van der Waals surface area (Å²) >= 11 is 0. The highest BCUT2D eigenvalue weighted by Crippen LogP contribution is 2.33. The molecule has 10 heteroatoms. The molecule has 2 aliphatic rings. The quantitative estimate of drug-likeness (QED) is 0.491. The van der Waals surface area contributed by atoms with Gasteiger partial charge in [-0.1, -0.05) is 0 Å². The van der Waals surface area contributed by atoms with Gasteiger partial charge in [0.05, 0.1) is 18.1 Å². The Labute approximate surface area is 129 Å². The van der Waals surface area contributed by atoms with Gasteiger partial charge in [0.1, 0.15) is 24.1 Å². The predicted molar refractivity (Wildman–Crippen MR) is 72.4 cm³/mol. The molecule has 1 aromatic carbocycles. The lowest BCUT2D eigenvalue weighted by Gasteiger charge is -2.33. The van der Waals surface area contributed by atoms with Gasteiger partial charge in [0.2, 0.25) is 0 Å². The number of hydrogen-bond acceptors (Lipinski definition) is 8. The fourth-order valence-corrected chi connectivity index (χ4v) is 2.63. The third-order valence-electron chi connectivity index (χ3n) is 3.85. The molecule has 1 saturated heterocycles. The summed E-state index contributed by atoms with van der Waals surface area (Å²) in [5.41, 5.74) is 0.208. The minimum atomic E-state index is -1.43. The van der Waals surface area contributed by atoms with Crippen LogP contribution in [0.4, 0.5) is 10.5 Å². The van der Waals surface area contributed by atoms with Gasteiger partial charge in [-0.15, -0.1) is 0 Å². The summed E-state index contributed by atoms with van der Waals surface area (Å²) in [6.45, 7) is -0.623. The van der Waals surface area contributed by atoms with Crippen LogP contribution in [0.5, 0.6) is 5.75 Å². The minimum absolute atomic E-state index is 0.0948. The van der Waals surface area contributed by atoms with Gasteiger partial charge in [0.25, 0.3) is 5.69 Å². The van der Waals surface area contributed by atoms with Gasteiger partial charge in [-0.25, -0.2) is 4.79 Å². The second-order valence-electron chi connectivity index (χ2n) is 5.27. The van der Waals surface area contributed by atoms with Gasteiger partial charge in [-0.3, -0.25) is 15.0 Å². The second kappa shape index (κ2) is 5.74. The van der Waals surface area contributed by atoms with Crippen LogP contribution in [0, 0.1) is 10.1 Å². The first-order chi connectivity index (χ1) is 10.9. The second-order valence-corrected chi connectivity index (χ2v) is 5.27. The van der Waals surface area contributed by atoms with E-state index in [1.165, 1.54) is 18.2 Å². The summed E-state index contributed by atoms with van der Waals surface area (Å²) < 4.78 is 10.4. The Balaban J connectivity index is 1.87. The number of benzene rings is 1. The molecule has 0 aliphatic carbocycles. The van der Waals surface area contributed by atoms with E-state index in [0.717, 1.165) is 4.90 Å². The molecule has 10 nitrogen and oxygen atoms in total. The van der Waals surface area contributed by atoms with Crippen molar-refractivity contribution in [2.75, 3.05) is 6.61 Å². The molecule has 124 valence electrons. The van der Waals surface area contributed by atoms with Crippen LogP contribution in [-0.2, 0) is 11.3 Å². The van der Waals surface area contributed by atoms with Crippen molar-refractivity contribution < 1.29 is 34.5 Å². The molecule has 1 amide bonds. The van der Waals surface area contributed by atoms with Gasteiger partial charge in [-0.05, 0) is 6.07 Å². The maximum absolute atomic E-state index is 12.0. The fourth-order valence-electron chi connectivity index (χ4n) is 2.63. The van der Waals surface area contributed by atoms with Crippen molar-refractivity contribution in [3.8, 4) is 5.75 Å². The number of nitro groups is 1. The van der Waals surface area contributed by atoms with Gasteiger partial charge in [-0.2, -0.15) is 0 Å². The number of hydrogen-bond donors (Lipinski definition) is 3. The van der Waals surface area contributed by atoms with Crippen LogP contribution >= 0.6 is 0 Å². The molecule has 1 fully saturated rings. The molecule has 3 rings (SSSR count). The van der Waals surface area contributed by atoms with E-state index in [1.807, 2.05) is 0 Å². The predicted octanol–water partition coefficient (Wildman–Crippen LogP) is -0.652. The molecule has 0 spiro atoms. The number of aliphatic hydroxyl groups is 3. The maximum Gasteiger partial charge on any atom is 0.417 e. The number of non-ortho nitro benzene ring substituents is 1. The number of fused-ring (bicyclic) bond motifs is 1. The van der Waals surface area contributed by atoms with Crippen molar-refractivity contribution in [2.24, 2.45) is 0 Å². The third-order valence-corrected chi connectivity index (χ3v) is 3.85. The third kappa shape index (κ3) is 2.61. The lowest BCUT2D eigenvalue weighted by Crippen LogP contribution is -2.49. The number of nitrogens with zero attached hydrogens (tertiary/aromatic N) is 2. The molecular weight excluding hydrogens is 312 g/mol. The summed E-state index contributed by atoms with van der Waals surface area (Å²) in [5, 5.41) is 39.6. The van der Waals surface area contributed by atoms with E-state index in [0.29, 0.717) is 5.56 Å². The minimum Gasteiger partial charge on any atom is -0.410 e. The van der Waals surface area contributed by atoms with Crippen LogP contribution in [0.3, 0.4) is 0 Å². The lowest BCUT2D eigenvalue weighted by atomic mass is 10.1. The smallest absolute Gasteiger partial charge is 0.410 e. The maximum atomic E-state index is 12.0. The van der Waals surface area contributed by atoms with Crippen molar-refractivity contribution in [1.82, 2.24) is 4.90 Å². The number of aliphatic hydroxyl groups excluding tert-OH is 3. The van der Waals surface area contributed by atoms with E-state index < -0.39 is 42.2 Å².